The lowest BCUT2D eigenvalue weighted by Crippen LogP contribution is -2.33. The molecule has 0 radical (unpaired) electrons. The van der Waals surface area contributed by atoms with Crippen molar-refractivity contribution >= 4 is 49.1 Å². The van der Waals surface area contributed by atoms with Gasteiger partial charge in [-0.05, 0) is 104 Å². The Hall–Kier alpha value is -3.28. The molecule has 20 heteroatoms. The van der Waals surface area contributed by atoms with Crippen LogP contribution in [0.15, 0.2) is 58.5 Å². The third-order valence-corrected chi connectivity index (χ3v) is 9.69. The number of rotatable bonds is 19. The summed E-state index contributed by atoms with van der Waals surface area (Å²) in [7, 11) is -8.10. The van der Waals surface area contributed by atoms with Gasteiger partial charge in [0.15, 0.2) is 0 Å². The number of nitrogens with zero attached hydrogens (tertiary/aromatic N) is 4. The average molecular weight is 717 g/mol. The van der Waals surface area contributed by atoms with Crippen molar-refractivity contribution in [3.8, 4) is 0 Å². The molecule has 6 N–H and O–H groups in total. The first kappa shape index (κ1) is 40.9. The van der Waals surface area contributed by atoms with Crippen LogP contribution in [-0.2, 0) is 27.2 Å². The lowest BCUT2D eigenvalue weighted by atomic mass is 10.3. The van der Waals surface area contributed by atoms with Gasteiger partial charge in [0.1, 0.15) is 0 Å². The fourth-order valence-corrected chi connectivity index (χ4v) is 7.31. The summed E-state index contributed by atoms with van der Waals surface area (Å²) in [6.07, 6.45) is -2.04. The molecule has 0 aliphatic heterocycles. The van der Waals surface area contributed by atoms with E-state index >= 15 is 0 Å². The SMILES string of the molecule is CC(C)OP(=O)(OC(C)C)C(=NCCN=C(NNc1ccc(N([O-])O)cc1)P(=O)(OC(C)C)OC(C)C)NNc1ccc(N([O-])O)cc1. The normalized spacial score (nSPS) is 13.0. The Morgan fingerprint density at radius 2 is 0.896 bits per heavy atom. The number of amidine groups is 2. The minimum absolute atomic E-state index is 0.000352. The van der Waals surface area contributed by atoms with Crippen LogP contribution in [-0.4, -0.2) is 59.1 Å². The Balaban J connectivity index is 2.43. The molecule has 2 aromatic carbocycles. The fourth-order valence-electron chi connectivity index (χ4n) is 3.66. The molecule has 0 aromatic heterocycles. The van der Waals surface area contributed by atoms with Crippen molar-refractivity contribution in [3.63, 3.8) is 0 Å². The number of benzene rings is 2. The lowest BCUT2D eigenvalue weighted by Gasteiger charge is -2.26. The van der Waals surface area contributed by atoms with Crippen LogP contribution in [0.1, 0.15) is 55.4 Å². The van der Waals surface area contributed by atoms with Crippen LogP contribution >= 0.6 is 15.2 Å². The van der Waals surface area contributed by atoms with Gasteiger partial charge in [-0.25, -0.2) is 0 Å². The van der Waals surface area contributed by atoms with E-state index in [4.69, 9.17) is 28.5 Å². The standard InChI is InChI=1S/C28H46N8O10P2/c1-19(2)43-47(41,44-20(3)4)27(33-31-23-9-13-25(14-10-23)35(37)38)29-17-18-30-28(48(42,45-21(5)6)46-22(7)8)34-32-24-11-15-26(16-12-24)36(39)40/h9-16,19-22,31-32,37,39H,17-18H2,1-8H3,(H,29,33)(H,30,34)/q-2. The highest BCUT2D eigenvalue weighted by atomic mass is 31.2. The summed E-state index contributed by atoms with van der Waals surface area (Å²) in [6.45, 7) is 13.3. The van der Waals surface area contributed by atoms with Gasteiger partial charge in [0.2, 0.25) is 11.2 Å². The Bertz CT molecular complexity index is 1290. The van der Waals surface area contributed by atoms with Crippen LogP contribution < -0.4 is 32.2 Å². The second-order valence-electron chi connectivity index (χ2n) is 11.2. The largest absolute Gasteiger partial charge is 0.733 e. The molecule has 0 atom stereocenters. The zero-order chi connectivity index (χ0) is 36.1. The van der Waals surface area contributed by atoms with Crippen LogP contribution in [0.2, 0.25) is 0 Å². The zero-order valence-electron chi connectivity index (χ0n) is 28.2. The van der Waals surface area contributed by atoms with Gasteiger partial charge in [-0.15, -0.1) is 0 Å². The minimum atomic E-state index is -4.05. The maximum atomic E-state index is 14.0. The van der Waals surface area contributed by atoms with Crippen molar-refractivity contribution in [2.75, 3.05) is 34.4 Å². The molecule has 0 saturated carbocycles. The van der Waals surface area contributed by atoms with E-state index in [-0.39, 0.29) is 46.1 Å². The van der Waals surface area contributed by atoms with Crippen LogP contribution in [0.4, 0.5) is 22.7 Å². The van der Waals surface area contributed by atoms with Gasteiger partial charge in [-0.2, -0.15) is 0 Å². The minimum Gasteiger partial charge on any atom is -0.733 e. The monoisotopic (exact) mass is 716 g/mol. The van der Waals surface area contributed by atoms with E-state index in [0.29, 0.717) is 11.4 Å². The summed E-state index contributed by atoms with van der Waals surface area (Å²) in [6, 6.07) is 11.4. The van der Waals surface area contributed by atoms with E-state index < -0.39 is 39.6 Å². The van der Waals surface area contributed by atoms with Gasteiger partial charge in [0.25, 0.3) is 0 Å². The molecule has 0 saturated heterocycles. The molecule has 18 nitrogen and oxygen atoms in total. The van der Waals surface area contributed by atoms with Gasteiger partial charge >= 0.3 is 15.2 Å². The maximum Gasteiger partial charge on any atom is 0.397 e. The van der Waals surface area contributed by atoms with Crippen molar-refractivity contribution in [1.82, 2.24) is 10.9 Å². The molecule has 0 fully saturated rings. The van der Waals surface area contributed by atoms with Crippen molar-refractivity contribution in [2.45, 2.75) is 79.8 Å². The molecular formula is C28H46N8O10P2-2. The number of aliphatic imine (C=N–C) groups is 2. The van der Waals surface area contributed by atoms with Crippen molar-refractivity contribution < 1.29 is 37.6 Å². The summed E-state index contributed by atoms with van der Waals surface area (Å²) < 4.78 is 50.9. The molecule has 0 unspecified atom stereocenters. The average Bonchev–Trinajstić information content (AvgIpc) is 2.96. The second-order valence-corrected chi connectivity index (χ2v) is 14.8. The molecule has 0 aliphatic carbocycles. The molecule has 0 aliphatic rings. The van der Waals surface area contributed by atoms with Crippen molar-refractivity contribution in [2.24, 2.45) is 9.98 Å². The molecule has 2 rings (SSSR count). The number of nitrogens with one attached hydrogen (secondary N) is 4. The first-order valence-electron chi connectivity index (χ1n) is 15.0. The fraction of sp³-hybridized carbons (Fsp3) is 0.500. The molecular weight excluding hydrogens is 670 g/mol. The first-order valence-corrected chi connectivity index (χ1v) is 18.1. The van der Waals surface area contributed by atoms with Crippen LogP contribution in [0.25, 0.3) is 0 Å². The van der Waals surface area contributed by atoms with E-state index in [1.54, 1.807) is 55.4 Å². The summed E-state index contributed by atoms with van der Waals surface area (Å²) in [5.41, 5.74) is 11.7. The predicted octanol–water partition coefficient (Wildman–Crippen LogP) is 6.40. The molecule has 48 heavy (non-hydrogen) atoms. The van der Waals surface area contributed by atoms with Crippen LogP contribution in [0.3, 0.4) is 0 Å². The van der Waals surface area contributed by atoms with Gasteiger partial charge in [-0.1, -0.05) is 0 Å². The highest BCUT2D eigenvalue weighted by molar-refractivity contribution is 7.72. The quantitative estimate of drug-likeness (QED) is 0.0303. The Kier molecular flexibility index (Phi) is 16.2. The Labute approximate surface area is 280 Å². The second kappa shape index (κ2) is 19.0. The smallest absolute Gasteiger partial charge is 0.397 e. The third kappa shape index (κ3) is 13.7. The lowest BCUT2D eigenvalue weighted by molar-refractivity contribution is 0.150. The van der Waals surface area contributed by atoms with Crippen molar-refractivity contribution in [1.29, 1.82) is 0 Å². The molecule has 0 bridgehead atoms. The highest BCUT2D eigenvalue weighted by Crippen LogP contribution is 2.52. The van der Waals surface area contributed by atoms with Gasteiger partial charge in [-0.3, -0.25) is 51.2 Å². The summed E-state index contributed by atoms with van der Waals surface area (Å²) in [5.74, 6) is 0. The van der Waals surface area contributed by atoms with E-state index in [1.165, 1.54) is 48.5 Å². The predicted molar refractivity (Wildman–Crippen MR) is 186 cm³/mol. The molecule has 0 heterocycles. The molecule has 0 amide bonds. The van der Waals surface area contributed by atoms with Gasteiger partial charge < -0.3 is 39.0 Å². The zero-order valence-corrected chi connectivity index (χ0v) is 30.0. The van der Waals surface area contributed by atoms with Crippen LogP contribution in [0.5, 0.6) is 0 Å². The maximum absolute atomic E-state index is 14.0. The molecule has 0 spiro atoms. The summed E-state index contributed by atoms with van der Waals surface area (Å²) in [5, 5.41) is 39.9. The summed E-state index contributed by atoms with van der Waals surface area (Å²) >= 11 is 0. The van der Waals surface area contributed by atoms with Crippen LogP contribution in [0, 0.1) is 10.4 Å². The van der Waals surface area contributed by atoms with E-state index in [0.717, 1.165) is 0 Å². The summed E-state index contributed by atoms with van der Waals surface area (Å²) in [4.78, 5) is 8.86. The Morgan fingerprint density at radius 3 is 1.12 bits per heavy atom. The van der Waals surface area contributed by atoms with E-state index in [1.807, 2.05) is 0 Å². The highest BCUT2D eigenvalue weighted by Gasteiger charge is 2.37. The Morgan fingerprint density at radius 1 is 0.625 bits per heavy atom. The number of hydrogen-bond acceptors (Lipinski definition) is 16. The molecule has 2 aromatic rings. The number of hydrogen-bond donors (Lipinski definition) is 6. The topological polar surface area (TPSA) is 237 Å². The van der Waals surface area contributed by atoms with E-state index in [9.17, 15) is 19.5 Å². The number of anilines is 4. The van der Waals surface area contributed by atoms with Gasteiger partial charge in [0, 0.05) is 0 Å². The van der Waals surface area contributed by atoms with Gasteiger partial charge in [0.05, 0.1) is 60.3 Å². The molecule has 270 valence electrons. The third-order valence-electron chi connectivity index (χ3n) is 5.35. The first-order chi connectivity index (χ1) is 22.4. The van der Waals surface area contributed by atoms with E-state index in [2.05, 4.69) is 31.7 Å². The number of hydrazine groups is 2. The van der Waals surface area contributed by atoms with Crippen molar-refractivity contribution in [3.05, 3.63) is 58.9 Å².